The highest BCUT2D eigenvalue weighted by Crippen LogP contribution is 2.20. The van der Waals surface area contributed by atoms with Crippen molar-refractivity contribution in [2.75, 3.05) is 12.4 Å². The van der Waals surface area contributed by atoms with Gasteiger partial charge in [-0.05, 0) is 61.0 Å². The fourth-order valence-corrected chi connectivity index (χ4v) is 2.42. The van der Waals surface area contributed by atoms with Gasteiger partial charge in [-0.3, -0.25) is 0 Å². The van der Waals surface area contributed by atoms with Crippen LogP contribution in [0.1, 0.15) is 30.5 Å². The quantitative estimate of drug-likeness (QED) is 0.821. The average Bonchev–Trinajstić information content (AvgIpc) is 2.53. The molecule has 0 unspecified atom stereocenters. The maximum atomic E-state index is 5.38. The molecule has 0 saturated heterocycles. The van der Waals surface area contributed by atoms with E-state index in [1.807, 2.05) is 43.3 Å². The predicted octanol–water partition coefficient (Wildman–Crippen LogP) is 3.84. The lowest BCUT2D eigenvalue weighted by Gasteiger charge is -2.20. The van der Waals surface area contributed by atoms with Crippen molar-refractivity contribution in [2.24, 2.45) is 0 Å². The summed E-state index contributed by atoms with van der Waals surface area (Å²) >= 11 is 5.38. The molecule has 0 aliphatic heterocycles. The second kappa shape index (κ2) is 7.75. The van der Waals surface area contributed by atoms with Crippen LogP contribution in [0.4, 0.5) is 5.82 Å². The monoisotopic (exact) mass is 315 g/mol. The van der Waals surface area contributed by atoms with Crippen molar-refractivity contribution in [1.82, 2.24) is 10.3 Å². The molecule has 0 aliphatic carbocycles. The first-order valence-electron chi connectivity index (χ1n) is 7.26. The normalized spacial score (nSPS) is 11.6. The molecular formula is C17H21N3OS. The molecule has 0 spiro atoms. The zero-order valence-corrected chi connectivity index (χ0v) is 13.9. The van der Waals surface area contributed by atoms with Crippen LogP contribution in [0.25, 0.3) is 0 Å². The van der Waals surface area contributed by atoms with Gasteiger partial charge in [0.15, 0.2) is 5.11 Å². The zero-order chi connectivity index (χ0) is 15.9. The van der Waals surface area contributed by atoms with Gasteiger partial charge in [-0.2, -0.15) is 0 Å². The first kappa shape index (κ1) is 16.2. The Bertz CT molecular complexity index is 628. The van der Waals surface area contributed by atoms with Crippen molar-refractivity contribution < 1.29 is 4.74 Å². The number of methoxy groups -OCH3 is 1. The molecule has 1 heterocycles. The molecule has 0 amide bonds. The Morgan fingerprint density at radius 1 is 1.27 bits per heavy atom. The van der Waals surface area contributed by atoms with Crippen LogP contribution in [0.15, 0.2) is 42.6 Å². The van der Waals surface area contributed by atoms with E-state index in [2.05, 4.69) is 22.5 Å². The summed E-state index contributed by atoms with van der Waals surface area (Å²) in [5.74, 6) is 1.60. The fraction of sp³-hybridized carbons (Fsp3) is 0.294. The van der Waals surface area contributed by atoms with E-state index in [-0.39, 0.29) is 6.04 Å². The lowest BCUT2D eigenvalue weighted by atomic mass is 10.0. The van der Waals surface area contributed by atoms with Gasteiger partial charge in [0.05, 0.1) is 13.2 Å². The van der Waals surface area contributed by atoms with E-state index < -0.39 is 0 Å². The van der Waals surface area contributed by atoms with E-state index >= 15 is 0 Å². The van der Waals surface area contributed by atoms with Crippen LogP contribution in [0.3, 0.4) is 0 Å². The van der Waals surface area contributed by atoms with Crippen molar-refractivity contribution in [1.29, 1.82) is 0 Å². The van der Waals surface area contributed by atoms with E-state index in [0.717, 1.165) is 23.6 Å². The topological polar surface area (TPSA) is 46.2 Å². The number of rotatable bonds is 5. The number of thiocarbonyl (C=S) groups is 1. The second-order valence-electron chi connectivity index (χ2n) is 5.05. The van der Waals surface area contributed by atoms with Gasteiger partial charge in [-0.15, -0.1) is 0 Å². The maximum Gasteiger partial charge on any atom is 0.172 e. The Balaban J connectivity index is 2.01. The number of nitrogens with zero attached hydrogens (tertiary/aromatic N) is 1. The third-order valence-electron chi connectivity index (χ3n) is 3.39. The van der Waals surface area contributed by atoms with Crippen LogP contribution >= 0.6 is 12.2 Å². The SMILES string of the molecule is CC[C@H](NC(=S)Nc1cc(C)ccn1)c1ccc(OC)cc1. The Morgan fingerprint density at radius 3 is 2.59 bits per heavy atom. The van der Waals surface area contributed by atoms with Gasteiger partial charge < -0.3 is 15.4 Å². The first-order chi connectivity index (χ1) is 10.6. The van der Waals surface area contributed by atoms with Gasteiger partial charge in [-0.1, -0.05) is 19.1 Å². The number of pyridine rings is 1. The molecule has 1 aromatic carbocycles. The Kier molecular flexibility index (Phi) is 5.72. The van der Waals surface area contributed by atoms with Gasteiger partial charge in [0.1, 0.15) is 11.6 Å². The molecule has 0 bridgehead atoms. The summed E-state index contributed by atoms with van der Waals surface area (Å²) in [5, 5.41) is 7.02. The number of aryl methyl sites for hydroxylation is 1. The number of hydrogen-bond acceptors (Lipinski definition) is 3. The van der Waals surface area contributed by atoms with Crippen molar-refractivity contribution in [2.45, 2.75) is 26.3 Å². The van der Waals surface area contributed by atoms with Crippen molar-refractivity contribution in [3.63, 3.8) is 0 Å². The van der Waals surface area contributed by atoms with Crippen LogP contribution in [-0.2, 0) is 0 Å². The number of benzene rings is 1. The average molecular weight is 315 g/mol. The van der Waals surface area contributed by atoms with Crippen LogP contribution in [0.5, 0.6) is 5.75 Å². The molecule has 0 fully saturated rings. The van der Waals surface area contributed by atoms with E-state index in [4.69, 9.17) is 17.0 Å². The predicted molar refractivity (Wildman–Crippen MR) is 94.4 cm³/mol. The van der Waals surface area contributed by atoms with Gasteiger partial charge in [0.2, 0.25) is 0 Å². The summed E-state index contributed by atoms with van der Waals surface area (Å²) in [7, 11) is 1.67. The summed E-state index contributed by atoms with van der Waals surface area (Å²) in [4.78, 5) is 4.25. The molecule has 2 aromatic rings. The molecule has 1 atom stereocenters. The van der Waals surface area contributed by atoms with Crippen molar-refractivity contribution >= 4 is 23.1 Å². The van der Waals surface area contributed by atoms with Crippen LogP contribution in [0, 0.1) is 6.92 Å². The highest BCUT2D eigenvalue weighted by molar-refractivity contribution is 7.80. The summed E-state index contributed by atoms with van der Waals surface area (Å²) < 4.78 is 5.19. The minimum atomic E-state index is 0.149. The lowest BCUT2D eigenvalue weighted by molar-refractivity contribution is 0.414. The number of anilines is 1. The highest BCUT2D eigenvalue weighted by Gasteiger charge is 2.11. The number of ether oxygens (including phenoxy) is 1. The summed E-state index contributed by atoms with van der Waals surface area (Å²) in [5.41, 5.74) is 2.31. The molecule has 5 heteroatoms. The largest absolute Gasteiger partial charge is 0.497 e. The number of hydrogen-bond donors (Lipinski definition) is 2. The van der Waals surface area contributed by atoms with Gasteiger partial charge >= 0.3 is 0 Å². The van der Waals surface area contributed by atoms with E-state index in [0.29, 0.717) is 5.11 Å². The van der Waals surface area contributed by atoms with Crippen LogP contribution in [-0.4, -0.2) is 17.2 Å². The van der Waals surface area contributed by atoms with Gasteiger partial charge in [0.25, 0.3) is 0 Å². The summed E-state index contributed by atoms with van der Waals surface area (Å²) in [6.07, 6.45) is 2.69. The molecule has 0 radical (unpaired) electrons. The third kappa shape index (κ3) is 4.43. The van der Waals surface area contributed by atoms with Crippen molar-refractivity contribution in [3.05, 3.63) is 53.7 Å². The minimum Gasteiger partial charge on any atom is -0.497 e. The molecule has 22 heavy (non-hydrogen) atoms. The second-order valence-corrected chi connectivity index (χ2v) is 5.46. The highest BCUT2D eigenvalue weighted by atomic mass is 32.1. The lowest BCUT2D eigenvalue weighted by Crippen LogP contribution is -2.32. The van der Waals surface area contributed by atoms with Gasteiger partial charge in [0, 0.05) is 6.20 Å². The standard InChI is InChI=1S/C17H21N3OS/c1-4-15(13-5-7-14(21-3)8-6-13)19-17(22)20-16-11-12(2)9-10-18-16/h5-11,15H,4H2,1-3H3,(H2,18,19,20,22)/t15-/m0/s1. The summed E-state index contributed by atoms with van der Waals surface area (Å²) in [6, 6.07) is 12.1. The van der Waals surface area contributed by atoms with E-state index in [1.165, 1.54) is 5.56 Å². The van der Waals surface area contributed by atoms with E-state index in [1.54, 1.807) is 13.3 Å². The first-order valence-corrected chi connectivity index (χ1v) is 7.67. The zero-order valence-electron chi connectivity index (χ0n) is 13.1. The Morgan fingerprint density at radius 2 is 2.00 bits per heavy atom. The van der Waals surface area contributed by atoms with Crippen molar-refractivity contribution in [3.8, 4) is 5.75 Å². The molecular weight excluding hydrogens is 294 g/mol. The van der Waals surface area contributed by atoms with Crippen LogP contribution in [0.2, 0.25) is 0 Å². The molecule has 116 valence electrons. The molecule has 0 aliphatic rings. The van der Waals surface area contributed by atoms with E-state index in [9.17, 15) is 0 Å². The number of nitrogens with one attached hydrogen (secondary N) is 2. The third-order valence-corrected chi connectivity index (χ3v) is 3.61. The maximum absolute atomic E-state index is 5.38. The molecule has 4 nitrogen and oxygen atoms in total. The van der Waals surface area contributed by atoms with Crippen LogP contribution < -0.4 is 15.4 Å². The smallest absolute Gasteiger partial charge is 0.172 e. The fourth-order valence-electron chi connectivity index (χ4n) is 2.17. The minimum absolute atomic E-state index is 0.149. The molecule has 2 N–H and O–H groups in total. The Labute approximate surface area is 136 Å². The molecule has 0 saturated carbocycles. The Hall–Kier alpha value is -2.14. The van der Waals surface area contributed by atoms with Gasteiger partial charge in [-0.25, -0.2) is 4.98 Å². The summed E-state index contributed by atoms with van der Waals surface area (Å²) in [6.45, 7) is 4.14. The number of aromatic nitrogens is 1. The molecule has 1 aromatic heterocycles. The molecule has 2 rings (SSSR count).